The molecule has 0 bridgehead atoms. The van der Waals surface area contributed by atoms with Gasteiger partial charge in [0.05, 0.1) is 0 Å². The number of hydrogen-bond acceptors (Lipinski definition) is 1. The van der Waals surface area contributed by atoms with Crippen molar-refractivity contribution in [3.05, 3.63) is 41.5 Å². The molecule has 1 atom stereocenters. The molecule has 1 aromatic rings. The molecule has 1 aliphatic carbocycles. The number of hydrogen-bond donors (Lipinski definition) is 0. The summed E-state index contributed by atoms with van der Waals surface area (Å²) < 4.78 is 14.5. The van der Waals surface area contributed by atoms with Crippen LogP contribution in [0.4, 0.5) is 0 Å². The minimum Gasteiger partial charge on any atom is -0.375 e. The molecule has 0 fully saturated rings. The molecular formula is C23H39NOSi3Ti+2. The molecule has 0 N–H and O–H groups in total. The third kappa shape index (κ3) is 10.9. The summed E-state index contributed by atoms with van der Waals surface area (Å²) >= 11 is 0. The Labute approximate surface area is 198 Å². The Morgan fingerprint density at radius 3 is 1.93 bits per heavy atom. The summed E-state index contributed by atoms with van der Waals surface area (Å²) in [6.07, 6.45) is 4.33. The maximum atomic E-state index is 12.4. The summed E-state index contributed by atoms with van der Waals surface area (Å²) in [7, 11) is -1.94. The molecule has 0 heterocycles. The largest absolute Gasteiger partial charge is 2.00 e. The van der Waals surface area contributed by atoms with Crippen molar-refractivity contribution in [3.8, 4) is 11.1 Å². The molecule has 0 saturated carbocycles. The van der Waals surface area contributed by atoms with E-state index in [9.17, 15) is 4.46 Å². The van der Waals surface area contributed by atoms with Crippen LogP contribution in [-0.4, -0.2) is 42.1 Å². The Kier molecular flexibility index (Phi) is 11.0. The first-order chi connectivity index (χ1) is 12.6. The summed E-state index contributed by atoms with van der Waals surface area (Å²) in [6, 6.07) is 9.12. The Bertz CT molecular complexity index is 756. The smallest absolute Gasteiger partial charge is 0.375 e. The van der Waals surface area contributed by atoms with E-state index in [-0.39, 0.29) is 27.3 Å². The van der Waals surface area contributed by atoms with E-state index in [0.29, 0.717) is 5.92 Å². The second kappa shape index (κ2) is 11.2. The first-order valence-corrected chi connectivity index (χ1v) is 18.7. The molecule has 0 radical (unpaired) electrons. The van der Waals surface area contributed by atoms with Crippen LogP contribution in [0.3, 0.4) is 0 Å². The van der Waals surface area contributed by atoms with Gasteiger partial charge in [0.25, 0.3) is 0 Å². The van der Waals surface area contributed by atoms with Crippen LogP contribution in [0.2, 0.25) is 45.3 Å². The van der Waals surface area contributed by atoms with Gasteiger partial charge in [0.2, 0.25) is 0 Å². The predicted octanol–water partition coefficient (Wildman–Crippen LogP) is 6.19. The van der Waals surface area contributed by atoms with Crippen molar-refractivity contribution < 1.29 is 26.2 Å². The Hall–Kier alpha value is -0.515. The van der Waals surface area contributed by atoms with Crippen molar-refractivity contribution in [1.82, 2.24) is 4.57 Å². The van der Waals surface area contributed by atoms with Crippen LogP contribution < -0.4 is 0 Å². The van der Waals surface area contributed by atoms with E-state index in [1.54, 1.807) is 0 Å². The second-order valence-electron chi connectivity index (χ2n) is 10.7. The monoisotopic (exact) mass is 477 g/mol. The van der Waals surface area contributed by atoms with Gasteiger partial charge in [-0.1, -0.05) is 75.7 Å². The fourth-order valence-electron chi connectivity index (χ4n) is 2.58. The number of nitrogens with zero attached hydrogens (tertiary/aromatic N) is 1. The van der Waals surface area contributed by atoms with Crippen molar-refractivity contribution in [2.45, 2.75) is 77.6 Å². The van der Waals surface area contributed by atoms with E-state index in [0.717, 1.165) is 6.04 Å². The number of allylic oxidation sites excluding steroid dienone is 1. The molecule has 1 aromatic carbocycles. The van der Waals surface area contributed by atoms with Gasteiger partial charge in [-0.15, -0.1) is 11.1 Å². The van der Waals surface area contributed by atoms with E-state index in [2.05, 4.69) is 108 Å². The van der Waals surface area contributed by atoms with Crippen LogP contribution in [0.5, 0.6) is 0 Å². The number of benzene rings is 1. The van der Waals surface area contributed by atoms with Crippen molar-refractivity contribution in [3.63, 3.8) is 0 Å². The first-order valence-electron chi connectivity index (χ1n) is 10.2. The summed E-state index contributed by atoms with van der Waals surface area (Å²) in [5.74, 6) is 0.317. The fraction of sp³-hybridized carbons (Fsp3) is 0.565. The Balaban J connectivity index is 0.000000616. The fourth-order valence-corrected chi connectivity index (χ4v) is 7.33. The van der Waals surface area contributed by atoms with Crippen LogP contribution >= 0.6 is 0 Å². The standard InChI is InChI=1S/C15H21NOSi.C8H18Si2.Ti/c1-15(2,3)16(4)18(17)11-13-10-9-12-7-5-6-8-14(12)13;1-9(2,3)7-8-10(4,5)6;/h5-10,13H,11H2,1-4H3;1-6H3;/q;;+2. The number of fused-ring (bicyclic) bond motifs is 1. The summed E-state index contributed by atoms with van der Waals surface area (Å²) in [5, 5.41) is 0. The molecule has 0 aliphatic heterocycles. The molecule has 156 valence electrons. The third-order valence-electron chi connectivity index (χ3n) is 4.49. The zero-order chi connectivity index (χ0) is 21.8. The van der Waals surface area contributed by atoms with E-state index >= 15 is 0 Å². The minimum absolute atomic E-state index is 0. The molecular weight excluding hydrogens is 438 g/mol. The quantitative estimate of drug-likeness (QED) is 0.382. The summed E-state index contributed by atoms with van der Waals surface area (Å²) in [5.41, 5.74) is 9.39. The van der Waals surface area contributed by atoms with Gasteiger partial charge < -0.3 is 9.03 Å². The average Bonchev–Trinajstić information content (AvgIpc) is 2.94. The molecule has 1 aliphatic rings. The maximum Gasteiger partial charge on any atom is 2.00 e. The molecule has 0 aromatic heterocycles. The van der Waals surface area contributed by atoms with Crippen LogP contribution in [0.15, 0.2) is 30.3 Å². The van der Waals surface area contributed by atoms with Crippen LogP contribution in [0.25, 0.3) is 6.08 Å². The normalized spacial score (nSPS) is 15.2. The predicted molar refractivity (Wildman–Crippen MR) is 131 cm³/mol. The van der Waals surface area contributed by atoms with E-state index < -0.39 is 25.0 Å². The topological polar surface area (TPSA) is 20.3 Å². The second-order valence-corrected chi connectivity index (χ2v) is 22.0. The zero-order valence-corrected chi connectivity index (χ0v) is 24.7. The van der Waals surface area contributed by atoms with Gasteiger partial charge in [0.1, 0.15) is 16.1 Å². The molecule has 0 amide bonds. The van der Waals surface area contributed by atoms with E-state index in [1.807, 2.05) is 11.6 Å². The van der Waals surface area contributed by atoms with Gasteiger partial charge >= 0.3 is 30.6 Å². The van der Waals surface area contributed by atoms with Gasteiger partial charge in [-0.2, -0.15) is 0 Å². The van der Waals surface area contributed by atoms with Gasteiger partial charge in [-0.3, -0.25) is 0 Å². The van der Waals surface area contributed by atoms with Gasteiger partial charge in [-0.05, 0) is 31.9 Å². The molecule has 2 nitrogen and oxygen atoms in total. The minimum atomic E-state index is -1.72. The van der Waals surface area contributed by atoms with Gasteiger partial charge in [-0.25, -0.2) is 0 Å². The third-order valence-corrected chi connectivity index (χ3v) is 8.70. The zero-order valence-electron chi connectivity index (χ0n) is 20.1. The molecule has 2 rings (SSSR count). The summed E-state index contributed by atoms with van der Waals surface area (Å²) in [6.45, 7) is 20.1. The number of rotatable bonds is 3. The first kappa shape index (κ1) is 28.5. The van der Waals surface area contributed by atoms with Crippen molar-refractivity contribution in [2.75, 3.05) is 7.05 Å². The van der Waals surface area contributed by atoms with Crippen LogP contribution in [0, 0.1) is 11.1 Å². The van der Waals surface area contributed by atoms with Crippen molar-refractivity contribution in [2.24, 2.45) is 0 Å². The molecule has 0 spiro atoms. The van der Waals surface area contributed by atoms with E-state index in [4.69, 9.17) is 0 Å². The van der Waals surface area contributed by atoms with E-state index in [1.165, 1.54) is 11.1 Å². The Morgan fingerprint density at radius 2 is 1.48 bits per heavy atom. The molecule has 29 heavy (non-hydrogen) atoms. The molecule has 6 heteroatoms. The van der Waals surface area contributed by atoms with Crippen molar-refractivity contribution >= 4 is 31.1 Å². The molecule has 0 saturated heterocycles. The van der Waals surface area contributed by atoms with Crippen molar-refractivity contribution in [1.29, 1.82) is 0 Å². The van der Waals surface area contributed by atoms with Crippen LogP contribution in [0.1, 0.15) is 37.8 Å². The Morgan fingerprint density at radius 1 is 1.00 bits per heavy atom. The molecule has 1 unspecified atom stereocenters. The average molecular weight is 478 g/mol. The maximum absolute atomic E-state index is 12.4. The van der Waals surface area contributed by atoms with Crippen LogP contribution in [-0.2, 0) is 26.2 Å². The van der Waals surface area contributed by atoms with Gasteiger partial charge in [0, 0.05) is 24.5 Å². The van der Waals surface area contributed by atoms with Gasteiger partial charge in [0.15, 0.2) is 0 Å². The SMILES string of the molecule is CN([Si](=O)CC1C=Cc2ccccc21)C(C)(C)C.C[Si](C)(C)C#C[Si](C)(C)C.[Ti+2]. The summed E-state index contributed by atoms with van der Waals surface area (Å²) in [4.78, 5) is 0.